The van der Waals surface area contributed by atoms with Crippen LogP contribution < -0.4 is 5.32 Å². The van der Waals surface area contributed by atoms with Gasteiger partial charge in [-0.2, -0.15) is 0 Å². The van der Waals surface area contributed by atoms with Crippen molar-refractivity contribution in [2.45, 2.75) is 13.5 Å². The molecule has 0 amide bonds. The fraction of sp³-hybridized carbons (Fsp3) is 0.273. The van der Waals surface area contributed by atoms with Crippen LogP contribution in [-0.2, 0) is 6.54 Å². The predicted octanol–water partition coefficient (Wildman–Crippen LogP) is 3.58. The fourth-order valence-electron chi connectivity index (χ4n) is 1.14. The maximum absolute atomic E-state index is 9.52. The quantitative estimate of drug-likeness (QED) is 0.825. The molecule has 2 N–H and O–H groups in total. The first-order chi connectivity index (χ1) is 7.00. The summed E-state index contributed by atoms with van der Waals surface area (Å²) in [7, 11) is 0. The van der Waals surface area contributed by atoms with Crippen molar-refractivity contribution < 1.29 is 5.11 Å². The number of halogens is 2. The zero-order valence-corrected chi connectivity index (χ0v) is 11.7. The molecule has 0 heterocycles. The standard InChI is InChI=1S/C11H13Br2NO/c1-7(2)5-14-6-8-3-9(12)11(15)10(13)4-8/h3-4,14-15H,1,5-6H2,2H3. The third-order valence-corrected chi connectivity index (χ3v) is 3.04. The molecule has 0 aliphatic carbocycles. The van der Waals surface area contributed by atoms with Gasteiger partial charge in [0.05, 0.1) is 8.95 Å². The highest BCUT2D eigenvalue weighted by molar-refractivity contribution is 9.11. The van der Waals surface area contributed by atoms with Crippen LogP contribution in [0.4, 0.5) is 0 Å². The smallest absolute Gasteiger partial charge is 0.143 e. The number of benzene rings is 1. The summed E-state index contributed by atoms with van der Waals surface area (Å²) >= 11 is 6.58. The van der Waals surface area contributed by atoms with Gasteiger partial charge in [-0.3, -0.25) is 0 Å². The van der Waals surface area contributed by atoms with E-state index in [-0.39, 0.29) is 5.75 Å². The van der Waals surface area contributed by atoms with E-state index in [1.807, 2.05) is 19.1 Å². The first-order valence-corrected chi connectivity index (χ1v) is 6.11. The molecule has 0 unspecified atom stereocenters. The number of hydrogen-bond acceptors (Lipinski definition) is 2. The molecule has 0 bridgehead atoms. The van der Waals surface area contributed by atoms with Gasteiger partial charge in [0.25, 0.3) is 0 Å². The number of hydrogen-bond donors (Lipinski definition) is 2. The molecule has 0 aliphatic heterocycles. The Morgan fingerprint density at radius 2 is 1.93 bits per heavy atom. The molecule has 0 aromatic heterocycles. The molecule has 4 heteroatoms. The lowest BCUT2D eigenvalue weighted by Gasteiger charge is -2.07. The Hall–Kier alpha value is -0.320. The molecule has 2 nitrogen and oxygen atoms in total. The fourth-order valence-corrected chi connectivity index (χ4v) is 2.42. The summed E-state index contributed by atoms with van der Waals surface area (Å²) in [5.74, 6) is 0.235. The van der Waals surface area contributed by atoms with Gasteiger partial charge in [-0.25, -0.2) is 0 Å². The molecule has 82 valence electrons. The molecule has 1 rings (SSSR count). The van der Waals surface area contributed by atoms with E-state index in [1.54, 1.807) is 0 Å². The Morgan fingerprint density at radius 1 is 1.40 bits per heavy atom. The van der Waals surface area contributed by atoms with Crippen LogP contribution in [0.3, 0.4) is 0 Å². The SMILES string of the molecule is C=C(C)CNCc1cc(Br)c(O)c(Br)c1. The number of phenolic OH excluding ortho intramolecular Hbond substituents is 1. The Bertz CT molecular complexity index is 354. The van der Waals surface area contributed by atoms with Gasteiger partial charge >= 0.3 is 0 Å². The van der Waals surface area contributed by atoms with Crippen molar-refractivity contribution in [3.8, 4) is 5.75 Å². The van der Waals surface area contributed by atoms with Gasteiger partial charge in [-0.1, -0.05) is 12.2 Å². The van der Waals surface area contributed by atoms with Crippen LogP contribution in [0.1, 0.15) is 12.5 Å². The van der Waals surface area contributed by atoms with E-state index in [1.165, 1.54) is 0 Å². The minimum atomic E-state index is 0.235. The number of phenols is 1. The van der Waals surface area contributed by atoms with Crippen LogP contribution in [0, 0.1) is 0 Å². The summed E-state index contributed by atoms with van der Waals surface area (Å²) < 4.78 is 1.40. The van der Waals surface area contributed by atoms with Crippen molar-refractivity contribution in [2.24, 2.45) is 0 Å². The normalized spacial score (nSPS) is 10.3. The number of aromatic hydroxyl groups is 1. The zero-order chi connectivity index (χ0) is 11.4. The summed E-state index contributed by atoms with van der Waals surface area (Å²) in [6.45, 7) is 7.35. The van der Waals surface area contributed by atoms with Crippen molar-refractivity contribution >= 4 is 31.9 Å². The van der Waals surface area contributed by atoms with E-state index >= 15 is 0 Å². The highest BCUT2D eigenvalue weighted by Gasteiger charge is 2.05. The predicted molar refractivity (Wildman–Crippen MR) is 70.0 cm³/mol. The van der Waals surface area contributed by atoms with Gasteiger partial charge in [0, 0.05) is 13.1 Å². The topological polar surface area (TPSA) is 32.3 Å². The van der Waals surface area contributed by atoms with Gasteiger partial charge in [-0.05, 0) is 56.5 Å². The minimum Gasteiger partial charge on any atom is -0.506 e. The molecule has 0 saturated carbocycles. The largest absolute Gasteiger partial charge is 0.506 e. The number of nitrogens with one attached hydrogen (secondary N) is 1. The Kier molecular flexibility index (Phi) is 4.83. The van der Waals surface area contributed by atoms with E-state index in [2.05, 4.69) is 43.8 Å². The molecule has 0 radical (unpaired) electrons. The van der Waals surface area contributed by atoms with Crippen molar-refractivity contribution in [2.75, 3.05) is 6.54 Å². The molecular formula is C11H13Br2NO. The van der Waals surface area contributed by atoms with E-state index < -0.39 is 0 Å². The molecule has 1 aromatic carbocycles. The second-order valence-corrected chi connectivity index (χ2v) is 5.18. The molecule has 0 atom stereocenters. The first-order valence-electron chi connectivity index (χ1n) is 4.52. The van der Waals surface area contributed by atoms with E-state index in [0.717, 1.165) is 24.2 Å². The van der Waals surface area contributed by atoms with Crippen molar-refractivity contribution in [1.29, 1.82) is 0 Å². The minimum absolute atomic E-state index is 0.235. The average molecular weight is 335 g/mol. The lowest BCUT2D eigenvalue weighted by Crippen LogP contribution is -2.15. The molecule has 0 aliphatic rings. The Balaban J connectivity index is 2.66. The second-order valence-electron chi connectivity index (χ2n) is 3.47. The summed E-state index contributed by atoms with van der Waals surface area (Å²) in [6, 6.07) is 3.79. The van der Waals surface area contributed by atoms with Crippen LogP contribution in [0.25, 0.3) is 0 Å². The lowest BCUT2D eigenvalue weighted by molar-refractivity contribution is 0.468. The maximum Gasteiger partial charge on any atom is 0.143 e. The van der Waals surface area contributed by atoms with Crippen LogP contribution in [0.15, 0.2) is 33.2 Å². The average Bonchev–Trinajstić information content (AvgIpc) is 2.13. The van der Waals surface area contributed by atoms with Gasteiger partial charge in [0.1, 0.15) is 5.75 Å². The molecule has 0 fully saturated rings. The van der Waals surface area contributed by atoms with Crippen molar-refractivity contribution in [3.05, 3.63) is 38.8 Å². The summed E-state index contributed by atoms with van der Waals surface area (Å²) in [5.41, 5.74) is 2.21. The van der Waals surface area contributed by atoms with E-state index in [4.69, 9.17) is 0 Å². The van der Waals surface area contributed by atoms with Crippen molar-refractivity contribution in [1.82, 2.24) is 5.32 Å². The molecular weight excluding hydrogens is 322 g/mol. The Morgan fingerprint density at radius 3 is 2.40 bits per heavy atom. The van der Waals surface area contributed by atoms with Crippen LogP contribution in [0.5, 0.6) is 5.75 Å². The highest BCUT2D eigenvalue weighted by Crippen LogP contribution is 2.33. The Labute approximate surface area is 107 Å². The molecule has 0 spiro atoms. The third-order valence-electron chi connectivity index (χ3n) is 1.83. The van der Waals surface area contributed by atoms with Crippen molar-refractivity contribution in [3.63, 3.8) is 0 Å². The maximum atomic E-state index is 9.52. The molecule has 15 heavy (non-hydrogen) atoms. The molecule has 0 saturated heterocycles. The second kappa shape index (κ2) is 5.68. The zero-order valence-electron chi connectivity index (χ0n) is 8.48. The molecule has 1 aromatic rings. The highest BCUT2D eigenvalue weighted by atomic mass is 79.9. The van der Waals surface area contributed by atoms with Gasteiger partial charge in [0.15, 0.2) is 0 Å². The van der Waals surface area contributed by atoms with Gasteiger partial charge in [-0.15, -0.1) is 0 Å². The van der Waals surface area contributed by atoms with Crippen LogP contribution in [-0.4, -0.2) is 11.7 Å². The monoisotopic (exact) mass is 333 g/mol. The van der Waals surface area contributed by atoms with Gasteiger partial charge in [0.2, 0.25) is 0 Å². The van der Waals surface area contributed by atoms with Crippen LogP contribution in [0.2, 0.25) is 0 Å². The summed E-state index contributed by atoms with van der Waals surface area (Å²) in [5, 5.41) is 12.8. The van der Waals surface area contributed by atoms with Crippen LogP contribution >= 0.6 is 31.9 Å². The summed E-state index contributed by atoms with van der Waals surface area (Å²) in [4.78, 5) is 0. The summed E-state index contributed by atoms with van der Waals surface area (Å²) in [6.07, 6.45) is 0. The van der Waals surface area contributed by atoms with E-state index in [0.29, 0.717) is 8.95 Å². The van der Waals surface area contributed by atoms with E-state index in [9.17, 15) is 5.11 Å². The number of rotatable bonds is 4. The lowest BCUT2D eigenvalue weighted by atomic mass is 10.2. The van der Waals surface area contributed by atoms with Gasteiger partial charge < -0.3 is 10.4 Å². The third kappa shape index (κ3) is 3.97. The first kappa shape index (κ1) is 12.7.